The summed E-state index contributed by atoms with van der Waals surface area (Å²) in [6, 6.07) is 20.5. The van der Waals surface area contributed by atoms with Gasteiger partial charge >= 0.3 is 5.69 Å². The molecule has 0 aliphatic carbocycles. The molecule has 0 saturated heterocycles. The predicted octanol–water partition coefficient (Wildman–Crippen LogP) is 8.56. The number of fused-ring (bicyclic) bond motifs is 1. The zero-order valence-corrected chi connectivity index (χ0v) is 20.4. The number of aromatic nitrogens is 1. The maximum absolute atomic E-state index is 11.7. The highest BCUT2D eigenvalue weighted by Crippen LogP contribution is 2.37. The molecule has 180 valence electrons. The second-order valence-corrected chi connectivity index (χ2v) is 9.31. The molecule has 4 rings (SSSR count). The highest BCUT2D eigenvalue weighted by molar-refractivity contribution is 5.81. The van der Waals surface area contributed by atoms with Crippen molar-refractivity contribution in [2.45, 2.75) is 51.9 Å². The van der Waals surface area contributed by atoms with E-state index in [1.165, 1.54) is 30.9 Å². The van der Waals surface area contributed by atoms with Crippen LogP contribution in [0.15, 0.2) is 71.1 Å². The molecule has 3 aromatic carbocycles. The molecule has 0 fully saturated rings. The third kappa shape index (κ3) is 5.96. The molecule has 0 unspecified atom stereocenters. The second kappa shape index (κ2) is 10.6. The fourth-order valence-electron chi connectivity index (χ4n) is 4.05. The molecule has 0 bridgehead atoms. The number of oxazole rings is 1. The summed E-state index contributed by atoms with van der Waals surface area (Å²) in [6.07, 6.45) is 8.33. The number of ether oxygens (including phenoxy) is 1. The highest BCUT2D eigenvalue weighted by atomic mass is 16.6. The van der Waals surface area contributed by atoms with Gasteiger partial charge in [-0.3, -0.25) is 10.1 Å². The van der Waals surface area contributed by atoms with Gasteiger partial charge in [-0.05, 0) is 41.2 Å². The smallest absolute Gasteiger partial charge is 0.315 e. The average Bonchev–Trinajstić information content (AvgIpc) is 3.25. The fourth-order valence-corrected chi connectivity index (χ4v) is 4.05. The van der Waals surface area contributed by atoms with Crippen LogP contribution in [-0.2, 0) is 5.41 Å². The van der Waals surface area contributed by atoms with Crippen LogP contribution in [0, 0.1) is 10.1 Å². The van der Waals surface area contributed by atoms with Gasteiger partial charge in [-0.1, -0.05) is 82.5 Å². The van der Waals surface area contributed by atoms with Gasteiger partial charge in [0.15, 0.2) is 5.58 Å². The Morgan fingerprint density at radius 2 is 1.77 bits per heavy atom. The van der Waals surface area contributed by atoms with Gasteiger partial charge < -0.3 is 9.15 Å². The molecule has 0 amide bonds. The van der Waals surface area contributed by atoms with Gasteiger partial charge in [-0.25, -0.2) is 4.98 Å². The van der Waals surface area contributed by atoms with Gasteiger partial charge in [-0.15, -0.1) is 0 Å². The summed E-state index contributed by atoms with van der Waals surface area (Å²) >= 11 is 0. The standard InChI is InChI=1S/C29H30N2O4/c1-4-5-9-18-29(2,3)22-13-15-23(16-14-22)34-27-19-24-26(20-25(27)31(32)33)35-28(30-24)17-12-21-10-7-6-8-11-21/h6-8,10-17,19-20H,4-5,9,18H2,1-3H3. The summed E-state index contributed by atoms with van der Waals surface area (Å²) in [4.78, 5) is 15.7. The molecule has 6 heteroatoms. The van der Waals surface area contributed by atoms with Crippen LogP contribution in [-0.4, -0.2) is 9.91 Å². The van der Waals surface area contributed by atoms with Crippen LogP contribution in [0.1, 0.15) is 63.5 Å². The monoisotopic (exact) mass is 470 g/mol. The summed E-state index contributed by atoms with van der Waals surface area (Å²) in [6.45, 7) is 6.69. The third-order valence-corrected chi connectivity index (χ3v) is 6.17. The van der Waals surface area contributed by atoms with Crippen molar-refractivity contribution in [3.63, 3.8) is 0 Å². The molecular formula is C29H30N2O4. The first-order valence-corrected chi connectivity index (χ1v) is 12.0. The van der Waals surface area contributed by atoms with E-state index in [1.807, 2.05) is 60.7 Å². The molecule has 6 nitrogen and oxygen atoms in total. The minimum absolute atomic E-state index is 0.0585. The Bertz CT molecular complexity index is 1320. The molecule has 0 radical (unpaired) electrons. The van der Waals surface area contributed by atoms with E-state index in [0.29, 0.717) is 22.7 Å². The number of nitrogens with zero attached hydrogens (tertiary/aromatic N) is 2. The molecule has 0 saturated carbocycles. The molecule has 0 aliphatic heterocycles. The SMILES string of the molecule is CCCCCC(C)(C)c1ccc(Oc2cc3nc(C=Cc4ccccc4)oc3cc2[N+](=O)[O-])cc1. The number of nitro benzene ring substituents is 1. The topological polar surface area (TPSA) is 78.4 Å². The zero-order chi connectivity index (χ0) is 24.8. The fraction of sp³-hybridized carbons (Fsp3) is 0.276. The molecule has 4 aromatic rings. The molecule has 0 N–H and O–H groups in total. The van der Waals surface area contributed by atoms with Gasteiger partial charge in [0.25, 0.3) is 0 Å². The van der Waals surface area contributed by atoms with Crippen LogP contribution in [0.5, 0.6) is 11.5 Å². The van der Waals surface area contributed by atoms with E-state index in [9.17, 15) is 10.1 Å². The van der Waals surface area contributed by atoms with Crippen LogP contribution < -0.4 is 4.74 Å². The Hall–Kier alpha value is -3.93. The van der Waals surface area contributed by atoms with E-state index in [-0.39, 0.29) is 16.9 Å². The molecular weight excluding hydrogens is 440 g/mol. The number of unbranched alkanes of at least 4 members (excludes halogenated alkanes) is 2. The van der Waals surface area contributed by atoms with Crippen molar-refractivity contribution in [1.82, 2.24) is 4.98 Å². The number of rotatable bonds is 10. The molecule has 1 heterocycles. The first-order valence-electron chi connectivity index (χ1n) is 12.0. The minimum atomic E-state index is -0.470. The Morgan fingerprint density at radius 3 is 2.46 bits per heavy atom. The van der Waals surface area contributed by atoms with E-state index in [1.54, 1.807) is 12.1 Å². The lowest BCUT2D eigenvalue weighted by Crippen LogP contribution is -2.16. The van der Waals surface area contributed by atoms with Gasteiger partial charge in [0.2, 0.25) is 11.6 Å². The molecule has 0 spiro atoms. The van der Waals surface area contributed by atoms with Crippen LogP contribution in [0.2, 0.25) is 0 Å². The maximum atomic E-state index is 11.7. The first-order chi connectivity index (χ1) is 16.9. The van der Waals surface area contributed by atoms with E-state index in [0.717, 1.165) is 12.0 Å². The van der Waals surface area contributed by atoms with Gasteiger partial charge in [0, 0.05) is 12.1 Å². The highest BCUT2D eigenvalue weighted by Gasteiger charge is 2.22. The summed E-state index contributed by atoms with van der Waals surface area (Å²) in [7, 11) is 0. The van der Waals surface area contributed by atoms with Gasteiger partial charge in [-0.2, -0.15) is 0 Å². The lowest BCUT2D eigenvalue weighted by atomic mass is 9.80. The maximum Gasteiger partial charge on any atom is 0.315 e. The van der Waals surface area contributed by atoms with Crippen LogP contribution in [0.25, 0.3) is 23.3 Å². The van der Waals surface area contributed by atoms with Crippen molar-refractivity contribution >= 4 is 28.9 Å². The Balaban J connectivity index is 1.57. The third-order valence-electron chi connectivity index (χ3n) is 6.17. The van der Waals surface area contributed by atoms with Crippen LogP contribution in [0.4, 0.5) is 5.69 Å². The summed E-state index contributed by atoms with van der Waals surface area (Å²) in [5.74, 6) is 1.03. The quantitative estimate of drug-likeness (QED) is 0.132. The Morgan fingerprint density at radius 1 is 1.03 bits per heavy atom. The number of hydrogen-bond acceptors (Lipinski definition) is 5. The van der Waals surface area contributed by atoms with Gasteiger partial charge in [0.05, 0.1) is 11.0 Å². The summed E-state index contributed by atoms with van der Waals surface area (Å²) < 4.78 is 11.7. The first kappa shape index (κ1) is 24.2. The van der Waals surface area contributed by atoms with Crippen molar-refractivity contribution < 1.29 is 14.1 Å². The average molecular weight is 471 g/mol. The van der Waals surface area contributed by atoms with Crippen molar-refractivity contribution in [2.24, 2.45) is 0 Å². The molecule has 1 aromatic heterocycles. The number of hydrogen-bond donors (Lipinski definition) is 0. The number of nitro groups is 1. The van der Waals surface area contributed by atoms with Crippen LogP contribution >= 0.6 is 0 Å². The Labute approximate surface area is 205 Å². The number of benzene rings is 3. The van der Waals surface area contributed by atoms with Gasteiger partial charge in [0.1, 0.15) is 11.3 Å². The molecule has 35 heavy (non-hydrogen) atoms. The Kier molecular flexibility index (Phi) is 7.30. The predicted molar refractivity (Wildman–Crippen MR) is 140 cm³/mol. The summed E-state index contributed by atoms with van der Waals surface area (Å²) in [5, 5.41) is 11.7. The van der Waals surface area contributed by atoms with E-state index >= 15 is 0 Å². The van der Waals surface area contributed by atoms with E-state index in [4.69, 9.17) is 9.15 Å². The van der Waals surface area contributed by atoms with Crippen molar-refractivity contribution in [3.8, 4) is 11.5 Å². The molecule has 0 atom stereocenters. The van der Waals surface area contributed by atoms with Crippen molar-refractivity contribution in [2.75, 3.05) is 0 Å². The lowest BCUT2D eigenvalue weighted by Gasteiger charge is -2.25. The molecule has 0 aliphatic rings. The van der Waals surface area contributed by atoms with Crippen molar-refractivity contribution in [3.05, 3.63) is 93.9 Å². The minimum Gasteiger partial charge on any atom is -0.450 e. The lowest BCUT2D eigenvalue weighted by molar-refractivity contribution is -0.385. The van der Waals surface area contributed by atoms with Crippen LogP contribution in [0.3, 0.4) is 0 Å². The van der Waals surface area contributed by atoms with Crippen molar-refractivity contribution in [1.29, 1.82) is 0 Å². The normalized spacial score (nSPS) is 11.9. The largest absolute Gasteiger partial charge is 0.450 e. The van der Waals surface area contributed by atoms with E-state index < -0.39 is 4.92 Å². The summed E-state index contributed by atoms with van der Waals surface area (Å²) in [5.41, 5.74) is 2.94. The van der Waals surface area contributed by atoms with E-state index in [2.05, 4.69) is 25.8 Å². The second-order valence-electron chi connectivity index (χ2n) is 9.31. The zero-order valence-electron chi connectivity index (χ0n) is 20.4.